The van der Waals surface area contributed by atoms with Crippen LogP contribution in [-0.2, 0) is 10.0 Å². The largest absolute Gasteiger partial charge is 0.216 e. The zero-order valence-electron chi connectivity index (χ0n) is 6.64. The molecule has 0 aliphatic heterocycles. The van der Waals surface area contributed by atoms with E-state index in [0.29, 0.717) is 6.54 Å². The SMILES string of the molecule is CCNS(=O)(=O)CCCCBr. The van der Waals surface area contributed by atoms with E-state index in [9.17, 15) is 8.42 Å². The molecule has 0 aliphatic rings. The molecule has 0 aromatic heterocycles. The molecule has 0 spiro atoms. The predicted molar refractivity (Wildman–Crippen MR) is 50.5 cm³/mol. The van der Waals surface area contributed by atoms with Crippen LogP contribution in [0.25, 0.3) is 0 Å². The van der Waals surface area contributed by atoms with Gasteiger partial charge in [0.2, 0.25) is 10.0 Å². The molecule has 11 heavy (non-hydrogen) atoms. The average molecular weight is 244 g/mol. The van der Waals surface area contributed by atoms with E-state index >= 15 is 0 Å². The molecule has 0 heterocycles. The second kappa shape index (κ2) is 5.97. The summed E-state index contributed by atoms with van der Waals surface area (Å²) < 4.78 is 24.4. The number of hydrogen-bond acceptors (Lipinski definition) is 2. The Morgan fingerprint density at radius 2 is 2.00 bits per heavy atom. The maximum atomic E-state index is 11.0. The van der Waals surface area contributed by atoms with Crippen molar-refractivity contribution in [3.63, 3.8) is 0 Å². The summed E-state index contributed by atoms with van der Waals surface area (Å²) in [6, 6.07) is 0. The van der Waals surface area contributed by atoms with Crippen molar-refractivity contribution in [2.75, 3.05) is 17.6 Å². The Bertz CT molecular complexity index is 179. The third-order valence-corrected chi connectivity index (χ3v) is 3.28. The molecule has 68 valence electrons. The Kier molecular flexibility index (Phi) is 6.18. The number of unbranched alkanes of at least 4 members (excludes halogenated alkanes) is 1. The summed E-state index contributed by atoms with van der Waals surface area (Å²) in [5.74, 6) is 0.242. The fraction of sp³-hybridized carbons (Fsp3) is 1.00. The van der Waals surface area contributed by atoms with Crippen LogP contribution in [0, 0.1) is 0 Å². The van der Waals surface area contributed by atoms with Crippen LogP contribution < -0.4 is 4.72 Å². The van der Waals surface area contributed by atoms with Crippen LogP contribution in [0.2, 0.25) is 0 Å². The minimum Gasteiger partial charge on any atom is -0.216 e. The quantitative estimate of drug-likeness (QED) is 0.561. The van der Waals surface area contributed by atoms with Crippen LogP contribution in [0.15, 0.2) is 0 Å². The fourth-order valence-corrected chi connectivity index (χ4v) is 2.24. The Hall–Kier alpha value is 0.390. The highest BCUT2D eigenvalue weighted by Gasteiger charge is 2.06. The molecule has 0 atom stereocenters. The molecule has 0 amide bonds. The summed E-state index contributed by atoms with van der Waals surface area (Å²) in [4.78, 5) is 0. The molecular formula is C6H14BrNO2S. The third kappa shape index (κ3) is 6.77. The maximum absolute atomic E-state index is 11.0. The molecule has 0 aromatic rings. The lowest BCUT2D eigenvalue weighted by Crippen LogP contribution is -2.25. The summed E-state index contributed by atoms with van der Waals surface area (Å²) in [5, 5.41) is 0.870. The van der Waals surface area contributed by atoms with Gasteiger partial charge in [-0.2, -0.15) is 0 Å². The molecule has 5 heteroatoms. The standard InChI is InChI=1S/C6H14BrNO2S/c1-2-8-11(9,10)6-4-3-5-7/h8H,2-6H2,1H3. The second-order valence-corrected chi connectivity index (χ2v) is 4.93. The van der Waals surface area contributed by atoms with E-state index in [-0.39, 0.29) is 5.75 Å². The summed E-state index contributed by atoms with van der Waals surface area (Å²) in [7, 11) is -2.97. The number of sulfonamides is 1. The molecule has 0 unspecified atom stereocenters. The minimum absolute atomic E-state index is 0.242. The van der Waals surface area contributed by atoms with Crippen LogP contribution in [-0.4, -0.2) is 26.0 Å². The molecule has 0 radical (unpaired) electrons. The van der Waals surface area contributed by atoms with Crippen molar-refractivity contribution in [1.82, 2.24) is 4.72 Å². The molecule has 0 aliphatic carbocycles. The highest BCUT2D eigenvalue weighted by atomic mass is 79.9. The molecule has 3 nitrogen and oxygen atoms in total. The molecule has 0 rings (SSSR count). The normalized spacial score (nSPS) is 11.8. The monoisotopic (exact) mass is 243 g/mol. The van der Waals surface area contributed by atoms with Crippen molar-refractivity contribution in [3.05, 3.63) is 0 Å². The van der Waals surface area contributed by atoms with E-state index in [4.69, 9.17) is 0 Å². The van der Waals surface area contributed by atoms with Gasteiger partial charge < -0.3 is 0 Å². The average Bonchev–Trinajstić information content (AvgIpc) is 1.87. The number of hydrogen-bond donors (Lipinski definition) is 1. The van der Waals surface area contributed by atoms with Gasteiger partial charge in [0.05, 0.1) is 5.75 Å². The zero-order valence-corrected chi connectivity index (χ0v) is 9.04. The van der Waals surface area contributed by atoms with E-state index in [1.54, 1.807) is 6.92 Å². The van der Waals surface area contributed by atoms with Gasteiger partial charge in [-0.05, 0) is 12.8 Å². The van der Waals surface area contributed by atoms with Crippen LogP contribution in [0.4, 0.5) is 0 Å². The highest BCUT2D eigenvalue weighted by Crippen LogP contribution is 1.96. The van der Waals surface area contributed by atoms with Gasteiger partial charge in [-0.15, -0.1) is 0 Å². The first-order valence-electron chi connectivity index (χ1n) is 3.65. The van der Waals surface area contributed by atoms with Gasteiger partial charge in [-0.1, -0.05) is 22.9 Å². The van der Waals surface area contributed by atoms with E-state index in [1.807, 2.05) is 0 Å². The third-order valence-electron chi connectivity index (χ3n) is 1.16. The van der Waals surface area contributed by atoms with Crippen molar-refractivity contribution in [3.8, 4) is 0 Å². The van der Waals surface area contributed by atoms with Crippen LogP contribution >= 0.6 is 15.9 Å². The number of alkyl halides is 1. The minimum atomic E-state index is -2.97. The lowest BCUT2D eigenvalue weighted by Gasteiger charge is -2.01. The Morgan fingerprint density at radius 3 is 2.45 bits per heavy atom. The van der Waals surface area contributed by atoms with Crippen molar-refractivity contribution in [2.24, 2.45) is 0 Å². The predicted octanol–water partition coefficient (Wildman–Crippen LogP) is 1.10. The zero-order chi connectivity index (χ0) is 8.74. The van der Waals surface area contributed by atoms with Crippen molar-refractivity contribution >= 4 is 26.0 Å². The Balaban J connectivity index is 3.56. The van der Waals surface area contributed by atoms with Gasteiger partial charge in [0.1, 0.15) is 0 Å². The van der Waals surface area contributed by atoms with E-state index in [2.05, 4.69) is 20.7 Å². The van der Waals surface area contributed by atoms with Gasteiger partial charge in [-0.3, -0.25) is 0 Å². The van der Waals surface area contributed by atoms with Gasteiger partial charge in [-0.25, -0.2) is 13.1 Å². The number of halogens is 1. The highest BCUT2D eigenvalue weighted by molar-refractivity contribution is 9.09. The van der Waals surface area contributed by atoms with Crippen LogP contribution in [0.3, 0.4) is 0 Å². The fourth-order valence-electron chi connectivity index (χ4n) is 0.679. The van der Waals surface area contributed by atoms with E-state index < -0.39 is 10.0 Å². The molecule has 1 N–H and O–H groups in total. The number of rotatable bonds is 6. The van der Waals surface area contributed by atoms with Gasteiger partial charge in [0.25, 0.3) is 0 Å². The summed E-state index contributed by atoms with van der Waals surface area (Å²) in [6.45, 7) is 2.26. The van der Waals surface area contributed by atoms with Gasteiger partial charge >= 0.3 is 0 Å². The van der Waals surface area contributed by atoms with Crippen LogP contribution in [0.1, 0.15) is 19.8 Å². The number of nitrogens with one attached hydrogen (secondary N) is 1. The maximum Gasteiger partial charge on any atom is 0.211 e. The topological polar surface area (TPSA) is 46.2 Å². The van der Waals surface area contributed by atoms with Crippen molar-refractivity contribution in [1.29, 1.82) is 0 Å². The van der Waals surface area contributed by atoms with Gasteiger partial charge in [0, 0.05) is 11.9 Å². The smallest absolute Gasteiger partial charge is 0.211 e. The first kappa shape index (κ1) is 11.4. The van der Waals surface area contributed by atoms with Gasteiger partial charge in [0.15, 0.2) is 0 Å². The second-order valence-electron chi connectivity index (χ2n) is 2.21. The van der Waals surface area contributed by atoms with Crippen molar-refractivity contribution in [2.45, 2.75) is 19.8 Å². The first-order valence-corrected chi connectivity index (χ1v) is 6.43. The molecule has 0 aromatic carbocycles. The Labute approximate surface area is 76.7 Å². The van der Waals surface area contributed by atoms with E-state index in [0.717, 1.165) is 18.2 Å². The molecule has 0 saturated carbocycles. The van der Waals surface area contributed by atoms with Crippen molar-refractivity contribution < 1.29 is 8.42 Å². The summed E-state index contributed by atoms with van der Waals surface area (Å²) in [5.41, 5.74) is 0. The Morgan fingerprint density at radius 1 is 1.36 bits per heavy atom. The lowest BCUT2D eigenvalue weighted by molar-refractivity contribution is 0.581. The molecular weight excluding hydrogens is 230 g/mol. The molecule has 0 saturated heterocycles. The molecule has 0 fully saturated rings. The van der Waals surface area contributed by atoms with Crippen LogP contribution in [0.5, 0.6) is 0 Å². The van der Waals surface area contributed by atoms with E-state index in [1.165, 1.54) is 0 Å². The molecule has 0 bridgehead atoms. The lowest BCUT2D eigenvalue weighted by atomic mass is 10.4. The first-order chi connectivity index (χ1) is 5.12. The summed E-state index contributed by atoms with van der Waals surface area (Å²) in [6.07, 6.45) is 1.63. The summed E-state index contributed by atoms with van der Waals surface area (Å²) >= 11 is 3.24.